The van der Waals surface area contributed by atoms with Gasteiger partial charge in [-0.1, -0.05) is 18.6 Å². The van der Waals surface area contributed by atoms with Crippen LogP contribution in [-0.2, 0) is 19.6 Å². The molecule has 3 aliphatic rings. The molecule has 1 aliphatic heterocycles. The number of para-hydroxylation sites is 2. The number of nitrogens with zero attached hydrogens (tertiary/aromatic N) is 1. The molecule has 0 aromatic heterocycles. The van der Waals surface area contributed by atoms with E-state index in [9.17, 15) is 18.0 Å². The standard InChI is InChI=1S/C26H31N3O5S/c1-16(22-14-18-7-8-19(22)13-18)28-35(32,33)21-11-9-20(10-12-21)27-26(31)25-15-29(17(2)30)23-5-3-4-6-24(23)34-25/h3-6,9-12,16,18-19,22,25,28H,7-8,13-15H2,1-2H3,(H,27,31)/t16-,18-,19-,22-,25+/m0/s1. The molecule has 5 atom stereocenters. The number of carbonyl (C=O) groups is 2. The van der Waals surface area contributed by atoms with Crippen molar-refractivity contribution < 1.29 is 22.7 Å². The Morgan fingerprint density at radius 3 is 2.46 bits per heavy atom. The van der Waals surface area contributed by atoms with Crippen molar-refractivity contribution in [2.75, 3.05) is 16.8 Å². The van der Waals surface area contributed by atoms with Crippen molar-refractivity contribution in [3.8, 4) is 5.75 Å². The van der Waals surface area contributed by atoms with E-state index in [2.05, 4.69) is 10.0 Å². The van der Waals surface area contributed by atoms with Gasteiger partial charge in [-0.2, -0.15) is 0 Å². The van der Waals surface area contributed by atoms with Crippen LogP contribution in [0, 0.1) is 17.8 Å². The minimum Gasteiger partial charge on any atom is -0.476 e. The summed E-state index contributed by atoms with van der Waals surface area (Å²) in [6, 6.07) is 13.1. The third kappa shape index (κ3) is 4.79. The first-order valence-corrected chi connectivity index (χ1v) is 13.7. The number of fused-ring (bicyclic) bond motifs is 3. The summed E-state index contributed by atoms with van der Waals surface area (Å²) in [7, 11) is -3.66. The number of carbonyl (C=O) groups excluding carboxylic acids is 2. The van der Waals surface area contributed by atoms with Gasteiger partial charge in [0, 0.05) is 18.7 Å². The molecule has 5 rings (SSSR count). The number of anilines is 2. The van der Waals surface area contributed by atoms with E-state index in [1.165, 1.54) is 43.2 Å². The number of amides is 2. The Morgan fingerprint density at radius 1 is 1.06 bits per heavy atom. The molecule has 2 saturated carbocycles. The topological polar surface area (TPSA) is 105 Å². The van der Waals surface area contributed by atoms with Gasteiger partial charge in [0.2, 0.25) is 15.9 Å². The number of ether oxygens (including phenoxy) is 1. The van der Waals surface area contributed by atoms with Gasteiger partial charge in [0.25, 0.3) is 5.91 Å². The highest BCUT2D eigenvalue weighted by Crippen LogP contribution is 2.49. The normalized spacial score (nSPS) is 26.1. The van der Waals surface area contributed by atoms with Crippen molar-refractivity contribution in [2.24, 2.45) is 17.8 Å². The van der Waals surface area contributed by atoms with Crippen LogP contribution in [0.5, 0.6) is 5.75 Å². The van der Waals surface area contributed by atoms with Crippen LogP contribution in [0.2, 0.25) is 0 Å². The van der Waals surface area contributed by atoms with Crippen LogP contribution in [0.15, 0.2) is 53.4 Å². The fraction of sp³-hybridized carbons (Fsp3) is 0.462. The molecule has 35 heavy (non-hydrogen) atoms. The van der Waals surface area contributed by atoms with Crippen LogP contribution in [0.1, 0.15) is 39.5 Å². The van der Waals surface area contributed by atoms with Gasteiger partial charge >= 0.3 is 0 Å². The van der Waals surface area contributed by atoms with Crippen LogP contribution in [0.3, 0.4) is 0 Å². The van der Waals surface area contributed by atoms with Gasteiger partial charge in [0.15, 0.2) is 6.10 Å². The largest absolute Gasteiger partial charge is 0.476 e. The minimum atomic E-state index is -3.66. The van der Waals surface area contributed by atoms with Gasteiger partial charge in [-0.15, -0.1) is 0 Å². The van der Waals surface area contributed by atoms with Crippen LogP contribution in [-0.4, -0.2) is 38.9 Å². The predicted molar refractivity (Wildman–Crippen MR) is 133 cm³/mol. The molecule has 0 spiro atoms. The molecule has 2 aromatic carbocycles. The second-order valence-electron chi connectivity index (χ2n) is 9.97. The zero-order valence-corrected chi connectivity index (χ0v) is 20.8. The Morgan fingerprint density at radius 2 is 1.80 bits per heavy atom. The maximum Gasteiger partial charge on any atom is 0.267 e. The molecule has 0 saturated heterocycles. The van der Waals surface area contributed by atoms with Gasteiger partial charge in [-0.25, -0.2) is 13.1 Å². The predicted octanol–water partition coefficient (Wildman–Crippen LogP) is 3.54. The van der Waals surface area contributed by atoms with Crippen LogP contribution >= 0.6 is 0 Å². The highest BCUT2D eigenvalue weighted by atomic mass is 32.2. The van der Waals surface area contributed by atoms with Crippen molar-refractivity contribution in [1.82, 2.24) is 4.72 Å². The minimum absolute atomic E-state index is 0.0927. The highest BCUT2D eigenvalue weighted by Gasteiger charge is 2.42. The lowest BCUT2D eigenvalue weighted by atomic mass is 9.84. The van der Waals surface area contributed by atoms with E-state index in [1.54, 1.807) is 30.3 Å². The summed E-state index contributed by atoms with van der Waals surface area (Å²) in [6.07, 6.45) is 3.93. The van der Waals surface area contributed by atoms with Crippen molar-refractivity contribution in [1.29, 1.82) is 0 Å². The maximum atomic E-state index is 12.9. The summed E-state index contributed by atoms with van der Waals surface area (Å²) in [5.74, 6) is 1.65. The average Bonchev–Trinajstić information content (AvgIpc) is 3.47. The summed E-state index contributed by atoms with van der Waals surface area (Å²) < 4.78 is 34.6. The van der Waals surface area contributed by atoms with Crippen LogP contribution in [0.25, 0.3) is 0 Å². The van der Waals surface area contributed by atoms with Crippen LogP contribution < -0.4 is 19.7 Å². The van der Waals surface area contributed by atoms with E-state index >= 15 is 0 Å². The fourth-order valence-electron chi connectivity index (χ4n) is 5.92. The van der Waals surface area contributed by atoms with E-state index < -0.39 is 22.0 Å². The van der Waals surface area contributed by atoms with Crippen molar-refractivity contribution in [3.63, 3.8) is 0 Å². The molecule has 1 heterocycles. The summed E-state index contributed by atoms with van der Waals surface area (Å²) >= 11 is 0. The van der Waals surface area contributed by atoms with Crippen molar-refractivity contribution in [3.05, 3.63) is 48.5 Å². The number of hydrogen-bond donors (Lipinski definition) is 2. The van der Waals surface area contributed by atoms with Crippen molar-refractivity contribution in [2.45, 2.75) is 56.6 Å². The highest BCUT2D eigenvalue weighted by molar-refractivity contribution is 7.89. The maximum absolute atomic E-state index is 12.9. The summed E-state index contributed by atoms with van der Waals surface area (Å²) in [5, 5.41) is 2.77. The Hall–Kier alpha value is -2.91. The number of hydrogen-bond acceptors (Lipinski definition) is 5. The van der Waals surface area contributed by atoms with E-state index in [0.29, 0.717) is 29.0 Å². The molecule has 2 N–H and O–H groups in total. The van der Waals surface area contributed by atoms with Gasteiger partial charge in [-0.05, 0) is 80.3 Å². The number of nitrogens with one attached hydrogen (secondary N) is 2. The zero-order chi connectivity index (χ0) is 24.7. The Labute approximate surface area is 206 Å². The first kappa shape index (κ1) is 23.8. The van der Waals surface area contributed by atoms with Gasteiger partial charge in [0.1, 0.15) is 5.75 Å². The Kier molecular flexibility index (Phi) is 6.31. The van der Waals surface area contributed by atoms with Gasteiger partial charge < -0.3 is 15.0 Å². The summed E-state index contributed by atoms with van der Waals surface area (Å²) in [6.45, 7) is 3.50. The zero-order valence-electron chi connectivity index (χ0n) is 19.9. The van der Waals surface area contributed by atoms with E-state index in [4.69, 9.17) is 4.74 Å². The molecular weight excluding hydrogens is 466 g/mol. The lowest BCUT2D eigenvalue weighted by molar-refractivity contribution is -0.123. The average molecular weight is 498 g/mol. The van der Waals surface area contributed by atoms with Crippen molar-refractivity contribution >= 4 is 33.2 Å². The number of rotatable bonds is 6. The molecule has 0 unspecified atom stereocenters. The third-order valence-corrected chi connectivity index (χ3v) is 9.23. The molecule has 8 nitrogen and oxygen atoms in total. The molecule has 2 bridgehead atoms. The molecule has 2 aromatic rings. The monoisotopic (exact) mass is 497 g/mol. The molecule has 9 heteroatoms. The summed E-state index contributed by atoms with van der Waals surface area (Å²) in [5.41, 5.74) is 1.08. The first-order chi connectivity index (χ1) is 16.7. The first-order valence-electron chi connectivity index (χ1n) is 12.2. The molecule has 2 fully saturated rings. The van der Waals surface area contributed by atoms with Gasteiger partial charge in [-0.3, -0.25) is 9.59 Å². The molecule has 186 valence electrons. The second kappa shape index (κ2) is 9.28. The number of sulfonamides is 1. The smallest absolute Gasteiger partial charge is 0.267 e. The second-order valence-corrected chi connectivity index (χ2v) is 11.7. The summed E-state index contributed by atoms with van der Waals surface area (Å²) in [4.78, 5) is 26.6. The number of benzene rings is 2. The van der Waals surface area contributed by atoms with E-state index in [-0.39, 0.29) is 23.4 Å². The lowest BCUT2D eigenvalue weighted by Gasteiger charge is -2.33. The third-order valence-electron chi connectivity index (χ3n) is 7.65. The van der Waals surface area contributed by atoms with E-state index in [0.717, 1.165) is 12.3 Å². The molecular formula is C26H31N3O5S. The van der Waals surface area contributed by atoms with Crippen LogP contribution in [0.4, 0.5) is 11.4 Å². The quantitative estimate of drug-likeness (QED) is 0.635. The molecule has 2 aliphatic carbocycles. The fourth-order valence-corrected chi connectivity index (χ4v) is 7.21. The lowest BCUT2D eigenvalue weighted by Crippen LogP contribution is -2.48. The SMILES string of the molecule is CC(=O)N1C[C@H](C(=O)Nc2ccc(S(=O)(=O)N[C@@H](C)[C@@H]3C[C@H]4CC[C@H]3C4)cc2)Oc2ccccc21. The Bertz CT molecular complexity index is 1230. The molecule has 0 radical (unpaired) electrons. The molecule has 2 amide bonds. The van der Waals surface area contributed by atoms with E-state index in [1.807, 2.05) is 13.0 Å². The Balaban J connectivity index is 1.23. The van der Waals surface area contributed by atoms with Gasteiger partial charge in [0.05, 0.1) is 17.1 Å².